The largest absolute Gasteiger partial charge is 0.385 e. The van der Waals surface area contributed by atoms with Crippen LogP contribution < -0.4 is 0 Å². The molecule has 0 aliphatic heterocycles. The lowest BCUT2D eigenvalue weighted by Crippen LogP contribution is -2.22. The molecule has 0 radical (unpaired) electrons. The number of pyridine rings is 1. The van der Waals surface area contributed by atoms with Crippen LogP contribution in [0.3, 0.4) is 0 Å². The highest BCUT2D eigenvalue weighted by Crippen LogP contribution is 2.27. The minimum atomic E-state index is 0.108. The predicted molar refractivity (Wildman–Crippen MR) is 82.1 cm³/mol. The van der Waals surface area contributed by atoms with Crippen LogP contribution in [-0.2, 0) is 17.2 Å². The van der Waals surface area contributed by atoms with Crippen LogP contribution in [0.1, 0.15) is 31.7 Å². The van der Waals surface area contributed by atoms with E-state index in [1.54, 1.807) is 7.11 Å². The SMILES string of the molecule is COCCC(C)(C)Cn1c(CCl)nc2cc(C)cnc21. The molecule has 2 aromatic heterocycles. The number of aromatic nitrogens is 3. The Morgan fingerprint density at radius 3 is 2.80 bits per heavy atom. The highest BCUT2D eigenvalue weighted by atomic mass is 35.5. The Bertz CT molecular complexity index is 592. The molecule has 2 heterocycles. The van der Waals surface area contributed by atoms with Gasteiger partial charge in [-0.3, -0.25) is 0 Å². The van der Waals surface area contributed by atoms with Gasteiger partial charge in [-0.2, -0.15) is 0 Å². The molecule has 2 aromatic rings. The molecule has 0 unspecified atom stereocenters. The first-order chi connectivity index (χ1) is 9.46. The fraction of sp³-hybridized carbons (Fsp3) is 0.600. The number of alkyl halides is 1. The third kappa shape index (κ3) is 3.30. The Morgan fingerprint density at radius 2 is 2.15 bits per heavy atom. The summed E-state index contributed by atoms with van der Waals surface area (Å²) in [6, 6.07) is 2.05. The van der Waals surface area contributed by atoms with Gasteiger partial charge in [-0.05, 0) is 30.4 Å². The van der Waals surface area contributed by atoms with Crippen molar-refractivity contribution in [3.05, 3.63) is 23.7 Å². The maximum atomic E-state index is 6.04. The van der Waals surface area contributed by atoms with E-state index in [4.69, 9.17) is 16.3 Å². The van der Waals surface area contributed by atoms with Crippen molar-refractivity contribution in [1.29, 1.82) is 0 Å². The van der Waals surface area contributed by atoms with Crippen LogP contribution in [0.4, 0.5) is 0 Å². The number of hydrogen-bond acceptors (Lipinski definition) is 3. The van der Waals surface area contributed by atoms with Gasteiger partial charge < -0.3 is 9.30 Å². The molecule has 0 atom stereocenters. The zero-order valence-electron chi connectivity index (χ0n) is 12.6. The van der Waals surface area contributed by atoms with Crippen molar-refractivity contribution in [2.24, 2.45) is 5.41 Å². The molecule has 20 heavy (non-hydrogen) atoms. The fourth-order valence-corrected chi connectivity index (χ4v) is 2.52. The van der Waals surface area contributed by atoms with Crippen molar-refractivity contribution in [1.82, 2.24) is 14.5 Å². The smallest absolute Gasteiger partial charge is 0.160 e. The van der Waals surface area contributed by atoms with Crippen LogP contribution in [-0.4, -0.2) is 28.3 Å². The topological polar surface area (TPSA) is 39.9 Å². The Balaban J connectivity index is 2.37. The maximum Gasteiger partial charge on any atom is 0.160 e. The van der Waals surface area contributed by atoms with Gasteiger partial charge in [0.05, 0.1) is 5.88 Å². The summed E-state index contributed by atoms with van der Waals surface area (Å²) in [7, 11) is 1.73. The highest BCUT2D eigenvalue weighted by molar-refractivity contribution is 6.16. The molecule has 4 nitrogen and oxygen atoms in total. The molecule has 0 fully saturated rings. The van der Waals surface area contributed by atoms with Crippen molar-refractivity contribution in [2.75, 3.05) is 13.7 Å². The first kappa shape index (κ1) is 15.3. The zero-order valence-corrected chi connectivity index (χ0v) is 13.4. The molecule has 0 saturated heterocycles. The van der Waals surface area contributed by atoms with E-state index >= 15 is 0 Å². The van der Waals surface area contributed by atoms with E-state index in [1.165, 1.54) is 0 Å². The first-order valence-corrected chi connectivity index (χ1v) is 7.37. The molecule has 5 heteroatoms. The third-order valence-corrected chi connectivity index (χ3v) is 3.73. The minimum absolute atomic E-state index is 0.108. The number of fused-ring (bicyclic) bond motifs is 1. The van der Waals surface area contributed by atoms with Crippen LogP contribution in [0.25, 0.3) is 11.2 Å². The number of halogens is 1. The summed E-state index contributed by atoms with van der Waals surface area (Å²) in [4.78, 5) is 9.12. The first-order valence-electron chi connectivity index (χ1n) is 6.83. The Morgan fingerprint density at radius 1 is 1.40 bits per heavy atom. The van der Waals surface area contributed by atoms with Crippen molar-refractivity contribution in [3.8, 4) is 0 Å². The molecular weight excluding hydrogens is 274 g/mol. The second kappa shape index (κ2) is 6.10. The lowest BCUT2D eigenvalue weighted by Gasteiger charge is -2.25. The van der Waals surface area contributed by atoms with Crippen molar-refractivity contribution < 1.29 is 4.74 Å². The Hall–Kier alpha value is -1.13. The summed E-state index contributed by atoms with van der Waals surface area (Å²) in [5.41, 5.74) is 3.05. The van der Waals surface area contributed by atoms with E-state index in [0.717, 1.165) is 42.1 Å². The van der Waals surface area contributed by atoms with Gasteiger partial charge in [-0.15, -0.1) is 11.6 Å². The number of rotatable bonds is 6. The Labute approximate surface area is 125 Å². The quantitative estimate of drug-likeness (QED) is 0.765. The molecule has 0 amide bonds. The van der Waals surface area contributed by atoms with Crippen LogP contribution in [0, 0.1) is 12.3 Å². The van der Waals surface area contributed by atoms with E-state index < -0.39 is 0 Å². The van der Waals surface area contributed by atoms with Crippen molar-refractivity contribution in [2.45, 2.75) is 39.6 Å². The van der Waals surface area contributed by atoms with Crippen molar-refractivity contribution >= 4 is 22.8 Å². The average molecular weight is 296 g/mol. The van der Waals surface area contributed by atoms with E-state index in [1.807, 2.05) is 13.1 Å². The van der Waals surface area contributed by atoms with E-state index in [-0.39, 0.29) is 5.41 Å². The molecular formula is C15H22ClN3O. The summed E-state index contributed by atoms with van der Waals surface area (Å²) in [6.07, 6.45) is 2.86. The average Bonchev–Trinajstić information content (AvgIpc) is 2.73. The minimum Gasteiger partial charge on any atom is -0.385 e. The van der Waals surface area contributed by atoms with Gasteiger partial charge in [0.15, 0.2) is 5.65 Å². The van der Waals surface area contributed by atoms with Gasteiger partial charge in [0, 0.05) is 26.5 Å². The Kier molecular flexibility index (Phi) is 4.66. The van der Waals surface area contributed by atoms with Crippen LogP contribution in [0.15, 0.2) is 12.3 Å². The van der Waals surface area contributed by atoms with Gasteiger partial charge >= 0.3 is 0 Å². The summed E-state index contributed by atoms with van der Waals surface area (Å²) in [5.74, 6) is 1.28. The van der Waals surface area contributed by atoms with Gasteiger partial charge in [0.25, 0.3) is 0 Å². The molecule has 0 aliphatic carbocycles. The van der Waals surface area contributed by atoms with E-state index in [2.05, 4.69) is 34.4 Å². The molecule has 0 bridgehead atoms. The molecule has 0 aliphatic rings. The summed E-state index contributed by atoms with van der Waals surface area (Å²) < 4.78 is 7.33. The second-order valence-electron chi connectivity index (χ2n) is 6.01. The number of hydrogen-bond donors (Lipinski definition) is 0. The number of imidazole rings is 1. The fourth-order valence-electron chi connectivity index (χ4n) is 2.31. The van der Waals surface area contributed by atoms with Gasteiger partial charge in [0.2, 0.25) is 0 Å². The molecule has 0 N–H and O–H groups in total. The van der Waals surface area contributed by atoms with Crippen LogP contribution in [0.5, 0.6) is 0 Å². The van der Waals surface area contributed by atoms with Gasteiger partial charge in [-0.25, -0.2) is 9.97 Å². The van der Waals surface area contributed by atoms with E-state index in [0.29, 0.717) is 5.88 Å². The van der Waals surface area contributed by atoms with Gasteiger partial charge in [-0.1, -0.05) is 13.8 Å². The number of nitrogens with zero attached hydrogens (tertiary/aromatic N) is 3. The van der Waals surface area contributed by atoms with Crippen LogP contribution >= 0.6 is 11.6 Å². The molecule has 110 valence electrons. The molecule has 2 rings (SSSR count). The van der Waals surface area contributed by atoms with Gasteiger partial charge in [0.1, 0.15) is 11.3 Å². The lowest BCUT2D eigenvalue weighted by atomic mass is 9.89. The summed E-state index contributed by atoms with van der Waals surface area (Å²) in [6.45, 7) is 8.07. The third-order valence-electron chi connectivity index (χ3n) is 3.49. The number of aryl methyl sites for hydroxylation is 1. The lowest BCUT2D eigenvalue weighted by molar-refractivity contribution is 0.142. The number of ether oxygens (including phenoxy) is 1. The van der Waals surface area contributed by atoms with Crippen LogP contribution in [0.2, 0.25) is 0 Å². The maximum absolute atomic E-state index is 6.04. The standard InChI is InChI=1S/C15H22ClN3O/c1-11-7-12-14(17-9-11)19(13(8-16)18-12)10-15(2,3)5-6-20-4/h7,9H,5-6,8,10H2,1-4H3. The molecule has 0 spiro atoms. The predicted octanol–water partition coefficient (Wildman–Crippen LogP) is 3.54. The molecule has 0 aromatic carbocycles. The summed E-state index contributed by atoms with van der Waals surface area (Å²) in [5, 5.41) is 0. The zero-order chi connectivity index (χ0) is 14.8. The van der Waals surface area contributed by atoms with Crippen molar-refractivity contribution in [3.63, 3.8) is 0 Å². The second-order valence-corrected chi connectivity index (χ2v) is 6.28. The monoisotopic (exact) mass is 295 g/mol. The number of methoxy groups -OCH3 is 1. The summed E-state index contributed by atoms with van der Waals surface area (Å²) >= 11 is 6.04. The highest BCUT2D eigenvalue weighted by Gasteiger charge is 2.22. The van der Waals surface area contributed by atoms with E-state index in [9.17, 15) is 0 Å². The molecule has 0 saturated carbocycles. The normalized spacial score (nSPS) is 12.2.